The first kappa shape index (κ1) is 16.8. The summed E-state index contributed by atoms with van der Waals surface area (Å²) < 4.78 is 39.5. The van der Waals surface area contributed by atoms with Gasteiger partial charge < -0.3 is 5.32 Å². The molecule has 0 saturated heterocycles. The molecule has 7 heteroatoms. The fourth-order valence-electron chi connectivity index (χ4n) is 2.44. The van der Waals surface area contributed by atoms with Gasteiger partial charge in [0.05, 0.1) is 23.8 Å². The minimum absolute atomic E-state index is 0.320. The Morgan fingerprint density at radius 1 is 1.20 bits per heavy atom. The normalized spacial score (nSPS) is 11.5. The van der Waals surface area contributed by atoms with Gasteiger partial charge in [0.15, 0.2) is 0 Å². The minimum Gasteiger partial charge on any atom is -0.322 e. The maximum atomic E-state index is 12.6. The third kappa shape index (κ3) is 3.71. The molecule has 0 aliphatic heterocycles. The second-order valence-electron chi connectivity index (χ2n) is 5.46. The third-order valence-electron chi connectivity index (χ3n) is 3.71. The number of halogens is 3. The molecule has 3 rings (SSSR count). The first-order chi connectivity index (χ1) is 11.9. The van der Waals surface area contributed by atoms with Crippen molar-refractivity contribution in [3.63, 3.8) is 0 Å². The number of benzene rings is 2. The molecule has 25 heavy (non-hydrogen) atoms. The Balaban J connectivity index is 1.87. The van der Waals surface area contributed by atoms with Gasteiger partial charge in [-0.2, -0.15) is 18.3 Å². The molecule has 0 fully saturated rings. The highest BCUT2D eigenvalue weighted by Crippen LogP contribution is 2.29. The molecule has 3 aromatic rings. The highest BCUT2D eigenvalue weighted by atomic mass is 19.4. The maximum Gasteiger partial charge on any atom is 0.416 e. The van der Waals surface area contributed by atoms with E-state index in [1.165, 1.54) is 18.2 Å². The van der Waals surface area contributed by atoms with E-state index in [1.54, 1.807) is 23.0 Å². The van der Waals surface area contributed by atoms with Crippen molar-refractivity contribution < 1.29 is 18.0 Å². The molecule has 1 heterocycles. The van der Waals surface area contributed by atoms with Gasteiger partial charge in [-0.25, -0.2) is 0 Å². The molecule has 1 N–H and O–H groups in total. The van der Waals surface area contributed by atoms with Crippen LogP contribution >= 0.6 is 0 Å². The lowest BCUT2D eigenvalue weighted by Gasteiger charge is -2.09. The molecular weight excluding hydrogens is 331 g/mol. The van der Waals surface area contributed by atoms with Crippen LogP contribution in [0.5, 0.6) is 0 Å². The lowest BCUT2D eigenvalue weighted by molar-refractivity contribution is -0.137. The Morgan fingerprint density at radius 2 is 1.92 bits per heavy atom. The summed E-state index contributed by atoms with van der Waals surface area (Å²) in [5.41, 5.74) is 1.36. The van der Waals surface area contributed by atoms with Crippen molar-refractivity contribution in [3.05, 3.63) is 72.4 Å². The van der Waals surface area contributed by atoms with Crippen molar-refractivity contribution in [1.29, 1.82) is 0 Å². The number of carbonyl (C=O) groups excluding carboxylic acids is 1. The number of anilines is 1. The van der Waals surface area contributed by atoms with E-state index in [2.05, 4.69) is 17.0 Å². The van der Waals surface area contributed by atoms with Gasteiger partial charge in [0.25, 0.3) is 0 Å². The highest BCUT2D eigenvalue weighted by molar-refractivity contribution is 6.00. The number of hydrogen-bond acceptors (Lipinski definition) is 2. The lowest BCUT2D eigenvalue weighted by Crippen LogP contribution is -2.08. The van der Waals surface area contributed by atoms with E-state index in [1.807, 2.05) is 6.07 Å². The number of fused-ring (bicyclic) bond motifs is 1. The summed E-state index contributed by atoms with van der Waals surface area (Å²) in [7, 11) is 0. The number of nitrogens with one attached hydrogen (secondary N) is 1. The van der Waals surface area contributed by atoms with Crippen LogP contribution in [-0.4, -0.2) is 15.7 Å². The number of rotatable bonds is 4. The Morgan fingerprint density at radius 3 is 2.56 bits per heavy atom. The standard InChI is InChI=1S/C18H14F3N3O/c1-2-17(25)23-15-8-5-13-10-22-24(16(13)9-15)11-12-3-6-14(7-4-12)18(19,20)21/h2-10H,1,11H2,(H,23,25). The zero-order chi connectivity index (χ0) is 18.0. The van der Waals surface area contributed by atoms with Crippen LogP contribution in [0.2, 0.25) is 0 Å². The summed E-state index contributed by atoms with van der Waals surface area (Å²) in [5, 5.41) is 7.79. The first-order valence-corrected chi connectivity index (χ1v) is 7.42. The van der Waals surface area contributed by atoms with Gasteiger partial charge in [-0.1, -0.05) is 18.7 Å². The van der Waals surface area contributed by atoms with Gasteiger partial charge in [0.2, 0.25) is 5.91 Å². The quantitative estimate of drug-likeness (QED) is 0.720. The molecule has 0 atom stereocenters. The van der Waals surface area contributed by atoms with Crippen molar-refractivity contribution >= 4 is 22.5 Å². The van der Waals surface area contributed by atoms with Crippen LogP contribution in [0.15, 0.2) is 61.3 Å². The van der Waals surface area contributed by atoms with E-state index in [0.717, 1.165) is 23.0 Å². The largest absolute Gasteiger partial charge is 0.416 e. The number of alkyl halides is 3. The van der Waals surface area contributed by atoms with Crippen molar-refractivity contribution in [3.8, 4) is 0 Å². The van der Waals surface area contributed by atoms with E-state index in [-0.39, 0.29) is 5.91 Å². The van der Waals surface area contributed by atoms with Crippen molar-refractivity contribution in [2.75, 3.05) is 5.32 Å². The number of aromatic nitrogens is 2. The third-order valence-corrected chi connectivity index (χ3v) is 3.71. The molecule has 0 saturated carbocycles. The van der Waals surface area contributed by atoms with Crippen LogP contribution in [0, 0.1) is 0 Å². The van der Waals surface area contributed by atoms with Crippen LogP contribution < -0.4 is 5.32 Å². The predicted octanol–water partition coefficient (Wildman–Crippen LogP) is 4.23. The summed E-state index contributed by atoms with van der Waals surface area (Å²) in [4.78, 5) is 11.4. The monoisotopic (exact) mass is 345 g/mol. The number of carbonyl (C=O) groups is 1. The van der Waals surface area contributed by atoms with Crippen molar-refractivity contribution in [2.45, 2.75) is 12.7 Å². The summed E-state index contributed by atoms with van der Waals surface area (Å²) in [6.45, 7) is 3.72. The van der Waals surface area contributed by atoms with Gasteiger partial charge in [0, 0.05) is 11.1 Å². The first-order valence-electron chi connectivity index (χ1n) is 7.42. The molecule has 0 radical (unpaired) electrons. The van der Waals surface area contributed by atoms with Gasteiger partial charge in [-0.05, 0) is 42.0 Å². The molecule has 0 bridgehead atoms. The maximum absolute atomic E-state index is 12.6. The van der Waals surface area contributed by atoms with Crippen molar-refractivity contribution in [2.24, 2.45) is 0 Å². The molecule has 2 aromatic carbocycles. The van der Waals surface area contributed by atoms with Crippen LogP contribution in [0.3, 0.4) is 0 Å². The number of nitrogens with zero attached hydrogens (tertiary/aromatic N) is 2. The molecule has 4 nitrogen and oxygen atoms in total. The van der Waals surface area contributed by atoms with E-state index in [9.17, 15) is 18.0 Å². The molecule has 1 aromatic heterocycles. The van der Waals surface area contributed by atoms with Gasteiger partial charge in [0.1, 0.15) is 0 Å². The second kappa shape index (κ2) is 6.43. The van der Waals surface area contributed by atoms with E-state index < -0.39 is 11.7 Å². The molecule has 0 aliphatic rings. The summed E-state index contributed by atoms with van der Waals surface area (Å²) >= 11 is 0. The van der Waals surface area contributed by atoms with Crippen LogP contribution in [-0.2, 0) is 17.5 Å². The van der Waals surface area contributed by atoms with Crippen LogP contribution in [0.4, 0.5) is 18.9 Å². The second-order valence-corrected chi connectivity index (χ2v) is 5.46. The van der Waals surface area contributed by atoms with Gasteiger partial charge in [-0.15, -0.1) is 0 Å². The van der Waals surface area contributed by atoms with Crippen LogP contribution in [0.25, 0.3) is 10.9 Å². The topological polar surface area (TPSA) is 46.9 Å². The summed E-state index contributed by atoms with van der Waals surface area (Å²) in [6, 6.07) is 10.3. The predicted molar refractivity (Wildman–Crippen MR) is 89.1 cm³/mol. The van der Waals surface area contributed by atoms with E-state index in [0.29, 0.717) is 17.8 Å². The number of amides is 1. The Hall–Kier alpha value is -3.09. The van der Waals surface area contributed by atoms with Crippen molar-refractivity contribution in [1.82, 2.24) is 9.78 Å². The Kier molecular flexibility index (Phi) is 4.31. The molecule has 1 amide bonds. The molecule has 0 aliphatic carbocycles. The summed E-state index contributed by atoms with van der Waals surface area (Å²) in [5.74, 6) is -0.326. The SMILES string of the molecule is C=CC(=O)Nc1ccc2cnn(Cc3ccc(C(F)(F)F)cc3)c2c1. The minimum atomic E-state index is -4.35. The zero-order valence-corrected chi connectivity index (χ0v) is 13.0. The van der Waals surface area contributed by atoms with Crippen LogP contribution in [0.1, 0.15) is 11.1 Å². The molecular formula is C18H14F3N3O. The average Bonchev–Trinajstić information content (AvgIpc) is 2.97. The highest BCUT2D eigenvalue weighted by Gasteiger charge is 2.29. The average molecular weight is 345 g/mol. The fourth-order valence-corrected chi connectivity index (χ4v) is 2.44. The fraction of sp³-hybridized carbons (Fsp3) is 0.111. The van der Waals surface area contributed by atoms with Gasteiger partial charge >= 0.3 is 6.18 Å². The van der Waals surface area contributed by atoms with E-state index >= 15 is 0 Å². The molecule has 0 unspecified atom stereocenters. The van der Waals surface area contributed by atoms with Gasteiger partial charge in [-0.3, -0.25) is 9.48 Å². The zero-order valence-electron chi connectivity index (χ0n) is 13.0. The Bertz CT molecular complexity index is 927. The lowest BCUT2D eigenvalue weighted by atomic mass is 10.1. The summed E-state index contributed by atoms with van der Waals surface area (Å²) in [6.07, 6.45) is -1.52. The molecule has 128 valence electrons. The van der Waals surface area contributed by atoms with E-state index in [4.69, 9.17) is 0 Å². The smallest absolute Gasteiger partial charge is 0.322 e. The number of hydrogen-bond donors (Lipinski definition) is 1. The molecule has 0 spiro atoms. The Labute approximate surface area is 141 Å².